The molecule has 0 heterocycles. The number of amides is 3. The molecule has 0 aliphatic rings. The molecule has 0 saturated carbocycles. The molecule has 0 aliphatic carbocycles. The molecule has 0 radical (unpaired) electrons. The highest BCUT2D eigenvalue weighted by Crippen LogP contribution is 2.09. The lowest BCUT2D eigenvalue weighted by molar-refractivity contribution is -0.143. The first-order valence-electron chi connectivity index (χ1n) is 9.98. The Balaban J connectivity index is 5.43. The molecule has 0 rings (SSSR count). The minimum atomic E-state index is -1.50. The number of rotatable bonds is 13. The molecule has 0 spiro atoms. The second-order valence-corrected chi connectivity index (χ2v) is 8.23. The summed E-state index contributed by atoms with van der Waals surface area (Å²) in [5, 5.41) is 34.8. The molecule has 5 atom stereocenters. The second kappa shape index (κ2) is 13.1. The Labute approximate surface area is 176 Å². The van der Waals surface area contributed by atoms with Gasteiger partial charge in [-0.1, -0.05) is 27.7 Å². The maximum absolute atomic E-state index is 12.8. The Kier molecular flexibility index (Phi) is 12.2. The van der Waals surface area contributed by atoms with Gasteiger partial charge in [0.1, 0.15) is 24.2 Å². The molecule has 0 fully saturated rings. The molecule has 30 heavy (non-hydrogen) atoms. The predicted molar refractivity (Wildman–Crippen MR) is 109 cm³/mol. The molecule has 0 aromatic rings. The van der Waals surface area contributed by atoms with Crippen molar-refractivity contribution in [3.05, 3.63) is 0 Å². The van der Waals surface area contributed by atoms with E-state index >= 15 is 0 Å². The maximum atomic E-state index is 12.8. The molecule has 11 heteroatoms. The van der Waals surface area contributed by atoms with Crippen molar-refractivity contribution < 1.29 is 34.5 Å². The zero-order valence-corrected chi connectivity index (χ0v) is 18.2. The fourth-order valence-corrected chi connectivity index (χ4v) is 2.62. The first kappa shape index (κ1) is 27.8. The van der Waals surface area contributed by atoms with Crippen LogP contribution in [0.25, 0.3) is 0 Å². The van der Waals surface area contributed by atoms with Crippen molar-refractivity contribution in [1.29, 1.82) is 0 Å². The molecule has 5 unspecified atom stereocenters. The van der Waals surface area contributed by atoms with Gasteiger partial charge in [-0.15, -0.1) is 0 Å². The maximum Gasteiger partial charge on any atom is 0.328 e. The van der Waals surface area contributed by atoms with Gasteiger partial charge in [-0.2, -0.15) is 0 Å². The Morgan fingerprint density at radius 1 is 0.767 bits per heavy atom. The van der Waals surface area contributed by atoms with E-state index in [1.54, 1.807) is 0 Å². The van der Waals surface area contributed by atoms with Gasteiger partial charge in [-0.3, -0.25) is 14.4 Å². The van der Waals surface area contributed by atoms with Gasteiger partial charge in [0.25, 0.3) is 0 Å². The smallest absolute Gasteiger partial charge is 0.328 e. The Morgan fingerprint density at radius 3 is 1.43 bits per heavy atom. The number of hydrogen-bond acceptors (Lipinski definition) is 7. The SMILES string of the molecule is CC(C)CC(NC(=O)C(CC(C)C)NC(=O)C(N)C(C)O)C(=O)NC(CO)C(=O)O. The summed E-state index contributed by atoms with van der Waals surface area (Å²) in [5.41, 5.74) is 5.62. The van der Waals surface area contributed by atoms with Crippen LogP contribution in [0.5, 0.6) is 0 Å². The highest BCUT2D eigenvalue weighted by molar-refractivity contribution is 5.94. The van der Waals surface area contributed by atoms with Crippen LogP contribution in [0.15, 0.2) is 0 Å². The molecule has 0 aromatic carbocycles. The summed E-state index contributed by atoms with van der Waals surface area (Å²) in [7, 11) is 0. The summed E-state index contributed by atoms with van der Waals surface area (Å²) in [5.74, 6) is -3.49. The number of carboxylic acids is 1. The third kappa shape index (κ3) is 9.99. The summed E-state index contributed by atoms with van der Waals surface area (Å²) in [6, 6.07) is -4.79. The van der Waals surface area contributed by atoms with Crippen molar-refractivity contribution in [2.45, 2.75) is 77.7 Å². The second-order valence-electron chi connectivity index (χ2n) is 8.23. The summed E-state index contributed by atoms with van der Waals surface area (Å²) >= 11 is 0. The molecule has 0 saturated heterocycles. The molecule has 174 valence electrons. The minimum Gasteiger partial charge on any atom is -0.480 e. The van der Waals surface area contributed by atoms with E-state index in [1.165, 1.54) is 6.92 Å². The monoisotopic (exact) mass is 432 g/mol. The summed E-state index contributed by atoms with van der Waals surface area (Å²) in [6.07, 6.45) is -0.641. The molecule has 11 nitrogen and oxygen atoms in total. The number of carbonyl (C=O) groups excluding carboxylic acids is 3. The number of nitrogens with two attached hydrogens (primary N) is 1. The van der Waals surface area contributed by atoms with E-state index in [0.29, 0.717) is 0 Å². The van der Waals surface area contributed by atoms with Crippen LogP contribution < -0.4 is 21.7 Å². The van der Waals surface area contributed by atoms with Crippen molar-refractivity contribution in [2.24, 2.45) is 17.6 Å². The van der Waals surface area contributed by atoms with Crippen LogP contribution in [0.3, 0.4) is 0 Å². The van der Waals surface area contributed by atoms with Gasteiger partial charge in [0.15, 0.2) is 0 Å². The highest BCUT2D eigenvalue weighted by Gasteiger charge is 2.31. The van der Waals surface area contributed by atoms with E-state index in [4.69, 9.17) is 15.9 Å². The molecular weight excluding hydrogens is 396 g/mol. The Hall–Kier alpha value is -2.24. The minimum absolute atomic E-state index is 0.0137. The first-order chi connectivity index (χ1) is 13.8. The fourth-order valence-electron chi connectivity index (χ4n) is 2.62. The highest BCUT2D eigenvalue weighted by atomic mass is 16.4. The predicted octanol–water partition coefficient (Wildman–Crippen LogP) is -1.68. The number of aliphatic hydroxyl groups is 2. The van der Waals surface area contributed by atoms with E-state index < -0.39 is 60.6 Å². The average Bonchev–Trinajstić information content (AvgIpc) is 2.62. The van der Waals surface area contributed by atoms with E-state index in [1.807, 2.05) is 27.7 Å². The molecule has 8 N–H and O–H groups in total. The normalized spacial score (nSPS) is 16.3. The van der Waals surface area contributed by atoms with Gasteiger partial charge < -0.3 is 37.0 Å². The van der Waals surface area contributed by atoms with Crippen LogP contribution in [0.4, 0.5) is 0 Å². The van der Waals surface area contributed by atoms with Gasteiger partial charge in [0, 0.05) is 0 Å². The van der Waals surface area contributed by atoms with Gasteiger partial charge in [0.05, 0.1) is 12.7 Å². The molecular formula is C19H36N4O7. The van der Waals surface area contributed by atoms with E-state index in [2.05, 4.69) is 16.0 Å². The third-order valence-electron chi connectivity index (χ3n) is 4.30. The summed E-state index contributed by atoms with van der Waals surface area (Å²) in [4.78, 5) is 48.6. The standard InChI is InChI=1S/C19H36N4O7/c1-9(2)6-12(17(27)23-14(8-24)19(29)30)21-16(26)13(7-10(3)4)22-18(28)15(20)11(5)25/h9-15,24-25H,6-8,20H2,1-5H3,(H,21,26)(H,22,28)(H,23,27)(H,29,30). The van der Waals surface area contributed by atoms with Crippen LogP contribution in [-0.4, -0.2) is 75.9 Å². The fraction of sp³-hybridized carbons (Fsp3) is 0.789. The number of nitrogens with one attached hydrogen (secondary N) is 3. The summed E-state index contributed by atoms with van der Waals surface area (Å²) < 4.78 is 0. The number of carboxylic acid groups (broad SMARTS) is 1. The van der Waals surface area contributed by atoms with Crippen LogP contribution in [0.2, 0.25) is 0 Å². The van der Waals surface area contributed by atoms with Crippen molar-refractivity contribution in [3.8, 4) is 0 Å². The third-order valence-corrected chi connectivity index (χ3v) is 4.30. The molecule has 0 aliphatic heterocycles. The van der Waals surface area contributed by atoms with E-state index in [9.17, 15) is 24.3 Å². The van der Waals surface area contributed by atoms with Gasteiger partial charge in [0.2, 0.25) is 17.7 Å². The van der Waals surface area contributed by atoms with Gasteiger partial charge in [-0.05, 0) is 31.6 Å². The molecule has 3 amide bonds. The first-order valence-corrected chi connectivity index (χ1v) is 9.98. The lowest BCUT2D eigenvalue weighted by atomic mass is 9.99. The van der Waals surface area contributed by atoms with Crippen molar-refractivity contribution in [1.82, 2.24) is 16.0 Å². The van der Waals surface area contributed by atoms with Gasteiger partial charge in [-0.25, -0.2) is 4.79 Å². The number of aliphatic carboxylic acids is 1. The number of aliphatic hydroxyl groups excluding tert-OH is 2. The van der Waals surface area contributed by atoms with E-state index in [-0.39, 0.29) is 24.7 Å². The lowest BCUT2D eigenvalue weighted by Gasteiger charge is -2.27. The quantitative estimate of drug-likeness (QED) is 0.179. The Bertz CT molecular complexity index is 595. The molecule has 0 bridgehead atoms. The number of hydrogen-bond donors (Lipinski definition) is 7. The van der Waals surface area contributed by atoms with Crippen LogP contribution in [0.1, 0.15) is 47.5 Å². The largest absolute Gasteiger partial charge is 0.480 e. The zero-order chi connectivity index (χ0) is 23.6. The van der Waals surface area contributed by atoms with Gasteiger partial charge >= 0.3 is 5.97 Å². The summed E-state index contributed by atoms with van der Waals surface area (Å²) in [6.45, 7) is 7.89. The zero-order valence-electron chi connectivity index (χ0n) is 18.2. The average molecular weight is 433 g/mol. The van der Waals surface area contributed by atoms with Crippen molar-refractivity contribution in [3.63, 3.8) is 0 Å². The number of carbonyl (C=O) groups is 4. The van der Waals surface area contributed by atoms with Crippen molar-refractivity contribution >= 4 is 23.7 Å². The van der Waals surface area contributed by atoms with Crippen LogP contribution in [0, 0.1) is 11.8 Å². The molecule has 0 aromatic heterocycles. The van der Waals surface area contributed by atoms with E-state index in [0.717, 1.165) is 0 Å². The topological polar surface area (TPSA) is 191 Å². The van der Waals surface area contributed by atoms with Crippen LogP contribution >= 0.6 is 0 Å². The lowest BCUT2D eigenvalue weighted by Crippen LogP contribution is -2.58. The Morgan fingerprint density at radius 2 is 1.13 bits per heavy atom. The van der Waals surface area contributed by atoms with Crippen LogP contribution in [-0.2, 0) is 19.2 Å². The van der Waals surface area contributed by atoms with Crippen molar-refractivity contribution in [2.75, 3.05) is 6.61 Å².